The van der Waals surface area contributed by atoms with Crippen LogP contribution in [0.4, 0.5) is 11.4 Å². The summed E-state index contributed by atoms with van der Waals surface area (Å²) in [6, 6.07) is 23.4. The highest BCUT2D eigenvalue weighted by atomic mass is 16.6. The molecule has 1 unspecified atom stereocenters. The minimum atomic E-state index is -0.636. The molecule has 2 aliphatic heterocycles. The van der Waals surface area contributed by atoms with E-state index in [1.54, 1.807) is 12.1 Å². The van der Waals surface area contributed by atoms with E-state index in [0.29, 0.717) is 12.3 Å². The Kier molecular flexibility index (Phi) is 3.69. The molecule has 0 fully saturated rings. The maximum Gasteiger partial charge on any atom is 0.270 e. The van der Waals surface area contributed by atoms with Crippen LogP contribution >= 0.6 is 0 Å². The van der Waals surface area contributed by atoms with Crippen molar-refractivity contribution in [2.75, 3.05) is 4.90 Å². The predicted molar refractivity (Wildman–Crippen MR) is 108 cm³/mol. The topological polar surface area (TPSA) is 55.6 Å². The van der Waals surface area contributed by atoms with Crippen LogP contribution in [0, 0.1) is 10.1 Å². The van der Waals surface area contributed by atoms with E-state index >= 15 is 0 Å². The average Bonchev–Trinajstić information content (AvgIpc) is 3.01. The van der Waals surface area contributed by atoms with Crippen molar-refractivity contribution in [3.8, 4) is 5.75 Å². The molecule has 0 aromatic heterocycles. The SMILES string of the molecule is O=[N+]([O-])c1ccc2c(c1)C=CC1(Cc3ccccc3N1Cc1ccccc1)O2. The Hall–Kier alpha value is -3.60. The summed E-state index contributed by atoms with van der Waals surface area (Å²) in [7, 11) is 0. The number of rotatable bonds is 3. The summed E-state index contributed by atoms with van der Waals surface area (Å²) in [6.07, 6.45) is 4.70. The molecule has 3 aromatic rings. The minimum absolute atomic E-state index is 0.0683. The summed E-state index contributed by atoms with van der Waals surface area (Å²) in [4.78, 5) is 13.0. The number of nitro groups is 1. The molecule has 0 amide bonds. The zero-order valence-electron chi connectivity index (χ0n) is 15.1. The molecular formula is C23H18N2O3. The molecule has 2 aliphatic rings. The molecule has 5 heteroatoms. The number of nitrogens with zero attached hydrogens (tertiary/aromatic N) is 2. The zero-order chi connectivity index (χ0) is 19.1. The summed E-state index contributed by atoms with van der Waals surface area (Å²) in [6.45, 7) is 0.713. The first-order valence-corrected chi connectivity index (χ1v) is 9.21. The lowest BCUT2D eigenvalue weighted by Gasteiger charge is -2.40. The highest BCUT2D eigenvalue weighted by molar-refractivity contribution is 5.70. The van der Waals surface area contributed by atoms with E-state index in [4.69, 9.17) is 4.74 Å². The summed E-state index contributed by atoms with van der Waals surface area (Å²) in [5.74, 6) is 0.666. The second-order valence-corrected chi connectivity index (χ2v) is 7.14. The van der Waals surface area contributed by atoms with Gasteiger partial charge in [-0.15, -0.1) is 0 Å². The Labute approximate surface area is 162 Å². The summed E-state index contributed by atoms with van der Waals surface area (Å²) in [5.41, 5.74) is 3.75. The standard InChI is InChI=1S/C23H18N2O3/c26-25(27)20-10-11-22-18(14-20)12-13-23(28-22)15-19-8-4-5-9-21(19)24(23)16-17-6-2-1-3-7-17/h1-14H,15-16H2. The van der Waals surface area contributed by atoms with E-state index in [2.05, 4.69) is 29.2 Å². The molecule has 0 N–H and O–H groups in total. The predicted octanol–water partition coefficient (Wildman–Crippen LogP) is 4.96. The number of hydrogen-bond donors (Lipinski definition) is 0. The summed E-state index contributed by atoms with van der Waals surface area (Å²) >= 11 is 0. The van der Waals surface area contributed by atoms with Gasteiger partial charge >= 0.3 is 0 Å². The van der Waals surface area contributed by atoms with Gasteiger partial charge < -0.3 is 9.64 Å². The Morgan fingerprint density at radius 1 is 1.04 bits per heavy atom. The van der Waals surface area contributed by atoms with E-state index in [9.17, 15) is 10.1 Å². The van der Waals surface area contributed by atoms with Crippen molar-refractivity contribution in [3.63, 3.8) is 0 Å². The second kappa shape index (κ2) is 6.23. The lowest BCUT2D eigenvalue weighted by Crippen LogP contribution is -2.50. The van der Waals surface area contributed by atoms with Crippen LogP contribution in [0.3, 0.4) is 0 Å². The van der Waals surface area contributed by atoms with Gasteiger partial charge in [-0.05, 0) is 35.4 Å². The van der Waals surface area contributed by atoms with E-state index < -0.39 is 5.72 Å². The van der Waals surface area contributed by atoms with E-state index in [1.807, 2.05) is 42.5 Å². The van der Waals surface area contributed by atoms with Gasteiger partial charge in [0.15, 0.2) is 0 Å². The molecule has 28 heavy (non-hydrogen) atoms. The molecule has 0 aliphatic carbocycles. The number of hydrogen-bond acceptors (Lipinski definition) is 4. The first kappa shape index (κ1) is 16.6. The molecule has 5 rings (SSSR count). The fourth-order valence-corrected chi connectivity index (χ4v) is 4.04. The monoisotopic (exact) mass is 370 g/mol. The number of benzene rings is 3. The van der Waals surface area contributed by atoms with Crippen molar-refractivity contribution in [1.82, 2.24) is 0 Å². The molecule has 0 saturated carbocycles. The van der Waals surface area contributed by atoms with Crippen LogP contribution < -0.4 is 9.64 Å². The maximum absolute atomic E-state index is 11.1. The molecule has 1 spiro atoms. The number of ether oxygens (including phenoxy) is 1. The van der Waals surface area contributed by atoms with Crippen LogP contribution in [0.2, 0.25) is 0 Å². The van der Waals surface area contributed by atoms with Gasteiger partial charge in [-0.1, -0.05) is 48.5 Å². The van der Waals surface area contributed by atoms with Crippen LogP contribution in [0.15, 0.2) is 78.9 Å². The van der Waals surface area contributed by atoms with Crippen molar-refractivity contribution >= 4 is 17.5 Å². The van der Waals surface area contributed by atoms with Crippen molar-refractivity contribution < 1.29 is 9.66 Å². The summed E-state index contributed by atoms with van der Waals surface area (Å²) in [5, 5.41) is 11.1. The second-order valence-electron chi connectivity index (χ2n) is 7.14. The molecular weight excluding hydrogens is 352 g/mol. The summed E-state index contributed by atoms with van der Waals surface area (Å²) < 4.78 is 6.50. The molecule has 3 aromatic carbocycles. The lowest BCUT2D eigenvalue weighted by atomic mass is 10.0. The first-order valence-electron chi connectivity index (χ1n) is 9.21. The van der Waals surface area contributed by atoms with Crippen molar-refractivity contribution in [2.45, 2.75) is 18.7 Å². The fourth-order valence-electron chi connectivity index (χ4n) is 4.04. The minimum Gasteiger partial charge on any atom is -0.463 e. The Bertz CT molecular complexity index is 1090. The third kappa shape index (κ3) is 2.63. The molecule has 0 radical (unpaired) electrons. The third-order valence-corrected chi connectivity index (χ3v) is 5.38. The molecule has 0 saturated heterocycles. The van der Waals surface area contributed by atoms with Gasteiger partial charge in [-0.2, -0.15) is 0 Å². The van der Waals surface area contributed by atoms with Gasteiger partial charge in [0.25, 0.3) is 5.69 Å². The Morgan fingerprint density at radius 2 is 1.82 bits per heavy atom. The smallest absolute Gasteiger partial charge is 0.270 e. The Morgan fingerprint density at radius 3 is 2.64 bits per heavy atom. The largest absolute Gasteiger partial charge is 0.463 e. The fraction of sp³-hybridized carbons (Fsp3) is 0.130. The van der Waals surface area contributed by atoms with E-state index in [0.717, 1.165) is 17.7 Å². The van der Waals surface area contributed by atoms with Gasteiger partial charge in [-0.25, -0.2) is 0 Å². The Balaban J connectivity index is 1.56. The number of para-hydroxylation sites is 1. The van der Waals surface area contributed by atoms with Crippen molar-refractivity contribution in [3.05, 3.63) is 106 Å². The number of anilines is 1. The number of nitro benzene ring substituents is 1. The maximum atomic E-state index is 11.1. The number of fused-ring (bicyclic) bond motifs is 2. The van der Waals surface area contributed by atoms with Gasteiger partial charge in [0.1, 0.15) is 5.75 Å². The number of non-ortho nitro benzene ring substituents is 1. The van der Waals surface area contributed by atoms with Crippen LogP contribution in [0.25, 0.3) is 6.08 Å². The van der Waals surface area contributed by atoms with Crippen LogP contribution in [-0.2, 0) is 13.0 Å². The average molecular weight is 370 g/mol. The van der Waals surface area contributed by atoms with Gasteiger partial charge in [0.2, 0.25) is 5.72 Å². The quantitative estimate of drug-likeness (QED) is 0.483. The van der Waals surface area contributed by atoms with Crippen molar-refractivity contribution in [1.29, 1.82) is 0 Å². The molecule has 138 valence electrons. The van der Waals surface area contributed by atoms with Crippen LogP contribution in [0.1, 0.15) is 16.7 Å². The van der Waals surface area contributed by atoms with Crippen molar-refractivity contribution in [2.24, 2.45) is 0 Å². The molecule has 0 bridgehead atoms. The molecule has 1 atom stereocenters. The first-order chi connectivity index (χ1) is 13.6. The van der Waals surface area contributed by atoms with Crippen LogP contribution in [0.5, 0.6) is 5.75 Å². The van der Waals surface area contributed by atoms with E-state index in [-0.39, 0.29) is 10.6 Å². The normalized spacial score (nSPS) is 19.2. The van der Waals surface area contributed by atoms with Crippen LogP contribution in [-0.4, -0.2) is 10.6 Å². The molecule has 2 heterocycles. The molecule has 5 nitrogen and oxygen atoms in total. The highest BCUT2D eigenvalue weighted by Crippen LogP contribution is 2.45. The van der Waals surface area contributed by atoms with Gasteiger partial charge in [0.05, 0.1) is 4.92 Å². The zero-order valence-corrected chi connectivity index (χ0v) is 15.1. The lowest BCUT2D eigenvalue weighted by molar-refractivity contribution is -0.384. The third-order valence-electron chi connectivity index (χ3n) is 5.38. The van der Waals surface area contributed by atoms with E-state index in [1.165, 1.54) is 17.2 Å². The highest BCUT2D eigenvalue weighted by Gasteiger charge is 2.45. The van der Waals surface area contributed by atoms with Gasteiger partial charge in [0, 0.05) is 36.3 Å². The van der Waals surface area contributed by atoms with Gasteiger partial charge in [-0.3, -0.25) is 10.1 Å².